The summed E-state index contributed by atoms with van der Waals surface area (Å²) < 4.78 is 8.58. The molecule has 0 saturated carbocycles. The van der Waals surface area contributed by atoms with E-state index in [-0.39, 0.29) is 10.8 Å². The van der Waals surface area contributed by atoms with Crippen molar-refractivity contribution in [2.45, 2.75) is 52.4 Å². The number of hydrogen-bond acceptors (Lipinski definition) is 5. The average molecular weight is 547 g/mol. The van der Waals surface area contributed by atoms with Crippen LogP contribution in [-0.4, -0.2) is 7.11 Å². The fourth-order valence-corrected chi connectivity index (χ4v) is 9.14. The molecule has 0 fully saturated rings. The maximum Gasteiger partial charge on any atom is 0.144 e. The molecule has 5 heteroatoms. The minimum absolute atomic E-state index is 0.132. The lowest BCUT2D eigenvalue weighted by Crippen LogP contribution is -2.07. The minimum Gasteiger partial charge on any atom is -0.495 e. The SMILES string of the molecule is COc1c2cc3cc(-c4ccc(-c5ccc(C(C)(C)C)s5)s4)sc3cc2cc2cc(C(C)(C)C)sc12. The van der Waals surface area contributed by atoms with Crippen molar-refractivity contribution in [1.29, 1.82) is 0 Å². The molecule has 0 radical (unpaired) electrons. The van der Waals surface area contributed by atoms with Crippen molar-refractivity contribution < 1.29 is 4.74 Å². The monoisotopic (exact) mass is 546 g/mol. The van der Waals surface area contributed by atoms with Crippen LogP contribution >= 0.6 is 45.3 Å². The summed E-state index contributed by atoms with van der Waals surface area (Å²) in [6, 6.07) is 20.8. The molecule has 0 unspecified atom stereocenters. The molecule has 6 aromatic rings. The summed E-state index contributed by atoms with van der Waals surface area (Å²) in [4.78, 5) is 8.21. The van der Waals surface area contributed by atoms with Crippen molar-refractivity contribution in [3.63, 3.8) is 0 Å². The van der Waals surface area contributed by atoms with Crippen LogP contribution in [0, 0.1) is 0 Å². The van der Waals surface area contributed by atoms with Gasteiger partial charge in [-0.25, -0.2) is 0 Å². The average Bonchev–Trinajstić information content (AvgIpc) is 3.58. The second kappa shape index (κ2) is 8.42. The maximum atomic E-state index is 6.00. The van der Waals surface area contributed by atoms with Gasteiger partial charge in [0.05, 0.1) is 11.8 Å². The Kier molecular flexibility index (Phi) is 5.65. The predicted molar refractivity (Wildman–Crippen MR) is 165 cm³/mol. The quantitative estimate of drug-likeness (QED) is 0.214. The Morgan fingerprint density at radius 1 is 0.556 bits per heavy atom. The number of fused-ring (bicyclic) bond motifs is 3. The van der Waals surface area contributed by atoms with E-state index >= 15 is 0 Å². The van der Waals surface area contributed by atoms with Gasteiger partial charge in [-0.1, -0.05) is 41.5 Å². The van der Waals surface area contributed by atoms with Crippen LogP contribution in [0.5, 0.6) is 5.75 Å². The Morgan fingerprint density at radius 2 is 1.22 bits per heavy atom. The number of hydrogen-bond donors (Lipinski definition) is 0. The first-order valence-electron chi connectivity index (χ1n) is 12.2. The molecule has 0 aliphatic heterocycles. The molecule has 6 rings (SSSR count). The van der Waals surface area contributed by atoms with E-state index in [0.717, 1.165) is 5.75 Å². The molecule has 0 aliphatic carbocycles. The van der Waals surface area contributed by atoms with Crippen LogP contribution in [0.1, 0.15) is 51.3 Å². The molecule has 4 heterocycles. The van der Waals surface area contributed by atoms with Crippen molar-refractivity contribution in [1.82, 2.24) is 0 Å². The van der Waals surface area contributed by atoms with Gasteiger partial charge in [0.15, 0.2) is 0 Å². The van der Waals surface area contributed by atoms with Crippen LogP contribution in [0.25, 0.3) is 50.5 Å². The molecule has 0 atom stereocenters. The van der Waals surface area contributed by atoms with E-state index in [1.54, 1.807) is 7.11 Å². The third-order valence-corrected chi connectivity index (χ3v) is 12.3. The molecule has 0 saturated heterocycles. The molecule has 1 nitrogen and oxygen atoms in total. The van der Waals surface area contributed by atoms with Crippen molar-refractivity contribution in [3.05, 3.63) is 64.4 Å². The zero-order chi connectivity index (χ0) is 25.4. The smallest absolute Gasteiger partial charge is 0.144 e. The highest BCUT2D eigenvalue weighted by Gasteiger charge is 2.21. The van der Waals surface area contributed by atoms with E-state index in [1.165, 1.54) is 60.2 Å². The fraction of sp³-hybridized carbons (Fsp3) is 0.290. The van der Waals surface area contributed by atoms with Gasteiger partial charge in [-0.3, -0.25) is 0 Å². The third-order valence-electron chi connectivity index (χ3n) is 6.59. The van der Waals surface area contributed by atoms with E-state index in [2.05, 4.69) is 96.1 Å². The highest BCUT2D eigenvalue weighted by Crippen LogP contribution is 2.47. The van der Waals surface area contributed by atoms with Gasteiger partial charge in [0.1, 0.15) is 5.75 Å². The van der Waals surface area contributed by atoms with Crippen molar-refractivity contribution in [2.24, 2.45) is 0 Å². The van der Waals surface area contributed by atoms with E-state index in [1.807, 2.05) is 45.3 Å². The van der Waals surface area contributed by atoms with Crippen LogP contribution in [0.2, 0.25) is 0 Å². The van der Waals surface area contributed by atoms with Gasteiger partial charge in [0, 0.05) is 39.3 Å². The molecule has 0 amide bonds. The zero-order valence-corrected chi connectivity index (χ0v) is 25.0. The lowest BCUT2D eigenvalue weighted by atomic mass is 9.94. The van der Waals surface area contributed by atoms with Crippen LogP contribution in [0.4, 0.5) is 0 Å². The van der Waals surface area contributed by atoms with E-state index in [0.29, 0.717) is 0 Å². The Morgan fingerprint density at radius 3 is 1.89 bits per heavy atom. The summed E-state index contributed by atoms with van der Waals surface area (Å²) in [5.41, 5.74) is 0.327. The summed E-state index contributed by atoms with van der Waals surface area (Å²) in [6.45, 7) is 13.7. The minimum atomic E-state index is 0.132. The Balaban J connectivity index is 1.43. The van der Waals surface area contributed by atoms with Crippen LogP contribution in [-0.2, 0) is 10.8 Å². The molecule has 0 N–H and O–H groups in total. The number of methoxy groups -OCH3 is 1. The summed E-state index contributed by atoms with van der Waals surface area (Å²) in [7, 11) is 1.80. The first kappa shape index (κ1) is 24.2. The Hall–Kier alpha value is -2.18. The lowest BCUT2D eigenvalue weighted by Gasteiger charge is -2.15. The number of rotatable bonds is 3. The largest absolute Gasteiger partial charge is 0.495 e. The maximum absolute atomic E-state index is 6.00. The van der Waals surface area contributed by atoms with Gasteiger partial charge >= 0.3 is 0 Å². The molecular weight excluding hydrogens is 517 g/mol. The van der Waals surface area contributed by atoms with Crippen molar-refractivity contribution in [3.8, 4) is 25.3 Å². The number of thiophene rings is 4. The molecular formula is C31H30OS4. The Labute approximate surface area is 229 Å². The number of ether oxygens (including phenoxy) is 1. The lowest BCUT2D eigenvalue weighted by molar-refractivity contribution is 0.425. The molecule has 2 aromatic carbocycles. The van der Waals surface area contributed by atoms with Crippen molar-refractivity contribution >= 4 is 76.3 Å². The highest BCUT2D eigenvalue weighted by atomic mass is 32.1. The highest BCUT2D eigenvalue weighted by molar-refractivity contribution is 7.28. The second-order valence-electron chi connectivity index (χ2n) is 11.5. The van der Waals surface area contributed by atoms with E-state index < -0.39 is 0 Å². The number of benzene rings is 2. The molecule has 184 valence electrons. The van der Waals surface area contributed by atoms with Gasteiger partial charge in [-0.2, -0.15) is 0 Å². The van der Waals surface area contributed by atoms with Crippen LogP contribution in [0.3, 0.4) is 0 Å². The summed E-state index contributed by atoms with van der Waals surface area (Å²) in [6.07, 6.45) is 0. The standard InChI is InChI=1S/C31H30OS4/c1-30(2,3)26-11-10-22(35-26)21-8-9-23(33-21)25-15-18-13-20-17(14-24(18)34-25)12-19-16-27(31(4,5)6)36-29(19)28(20)32-7/h8-16H,1-7H3. The zero-order valence-electron chi connectivity index (χ0n) is 21.7. The van der Waals surface area contributed by atoms with E-state index in [9.17, 15) is 0 Å². The second-order valence-corrected chi connectivity index (χ2v) is 15.8. The summed E-state index contributed by atoms with van der Waals surface area (Å²) >= 11 is 7.56. The van der Waals surface area contributed by atoms with Gasteiger partial charge in [-0.05, 0) is 81.6 Å². The van der Waals surface area contributed by atoms with E-state index in [4.69, 9.17) is 4.74 Å². The topological polar surface area (TPSA) is 9.23 Å². The predicted octanol–water partition coefficient (Wildman–Crippen LogP) is 11.3. The van der Waals surface area contributed by atoms with Gasteiger partial charge < -0.3 is 4.74 Å². The normalized spacial score (nSPS) is 12.9. The molecule has 0 bridgehead atoms. The third kappa shape index (κ3) is 4.10. The van der Waals surface area contributed by atoms with Gasteiger partial charge in [-0.15, -0.1) is 45.3 Å². The Bertz CT molecular complexity index is 1740. The summed E-state index contributed by atoms with van der Waals surface area (Å²) in [5.74, 6) is 1.00. The molecule has 0 spiro atoms. The first-order valence-corrected chi connectivity index (χ1v) is 15.5. The summed E-state index contributed by atoms with van der Waals surface area (Å²) in [5, 5.41) is 5.01. The van der Waals surface area contributed by atoms with Crippen LogP contribution in [0.15, 0.2) is 54.6 Å². The first-order chi connectivity index (χ1) is 17.0. The van der Waals surface area contributed by atoms with Crippen LogP contribution < -0.4 is 4.74 Å². The molecule has 4 aromatic heterocycles. The van der Waals surface area contributed by atoms with Gasteiger partial charge in [0.25, 0.3) is 0 Å². The van der Waals surface area contributed by atoms with Crippen molar-refractivity contribution in [2.75, 3.05) is 7.11 Å². The molecule has 36 heavy (non-hydrogen) atoms. The fourth-order valence-electron chi connectivity index (χ4n) is 4.57. The molecule has 0 aliphatic rings. The van der Waals surface area contributed by atoms with Gasteiger partial charge in [0.2, 0.25) is 0 Å².